The van der Waals surface area contributed by atoms with Gasteiger partial charge in [0.2, 0.25) is 0 Å². The number of rotatable bonds is 7. The molecule has 1 aliphatic rings. The number of ether oxygens (including phenoxy) is 1. The molecule has 1 aliphatic heterocycles. The summed E-state index contributed by atoms with van der Waals surface area (Å²) in [5, 5.41) is 8.44. The first-order chi connectivity index (χ1) is 14.0. The Balaban J connectivity index is 1.69. The van der Waals surface area contributed by atoms with Crippen molar-refractivity contribution in [3.8, 4) is 5.75 Å². The van der Waals surface area contributed by atoms with E-state index in [9.17, 15) is 4.79 Å². The van der Waals surface area contributed by atoms with E-state index in [-0.39, 0.29) is 11.9 Å². The van der Waals surface area contributed by atoms with Crippen LogP contribution in [0.5, 0.6) is 5.75 Å². The number of amides is 1. The van der Waals surface area contributed by atoms with Gasteiger partial charge in [0.05, 0.1) is 19.3 Å². The van der Waals surface area contributed by atoms with Gasteiger partial charge in [0.1, 0.15) is 5.75 Å². The standard InChI is InChI=1S/C22H33N5O2/c1-6-26(7-2)22(28)20-15-27(24-23-20)19-9-8-12-25(14-19)13-18-10-11-21(29-5)17(4)16(18)3/h10-11,15,19H,6-9,12-14H2,1-5H3/t19-/m1/s1. The van der Waals surface area contributed by atoms with Gasteiger partial charge in [-0.15, -0.1) is 5.10 Å². The molecule has 158 valence electrons. The lowest BCUT2D eigenvalue weighted by atomic mass is 10.00. The van der Waals surface area contributed by atoms with Gasteiger partial charge in [-0.1, -0.05) is 11.3 Å². The Morgan fingerprint density at radius 1 is 1.24 bits per heavy atom. The van der Waals surface area contributed by atoms with E-state index in [2.05, 4.69) is 41.2 Å². The Hall–Kier alpha value is -2.41. The van der Waals surface area contributed by atoms with Crippen molar-refractivity contribution in [2.75, 3.05) is 33.3 Å². The van der Waals surface area contributed by atoms with Crippen molar-refractivity contribution < 1.29 is 9.53 Å². The van der Waals surface area contributed by atoms with E-state index in [1.54, 1.807) is 12.0 Å². The van der Waals surface area contributed by atoms with Gasteiger partial charge in [-0.25, -0.2) is 4.68 Å². The van der Waals surface area contributed by atoms with Crippen LogP contribution in [-0.4, -0.2) is 64.0 Å². The van der Waals surface area contributed by atoms with E-state index < -0.39 is 0 Å². The zero-order valence-corrected chi connectivity index (χ0v) is 18.3. The lowest BCUT2D eigenvalue weighted by Crippen LogP contribution is -2.36. The van der Waals surface area contributed by atoms with Gasteiger partial charge in [-0.3, -0.25) is 9.69 Å². The first kappa shape index (κ1) is 21.3. The van der Waals surface area contributed by atoms with Crippen LogP contribution in [0.15, 0.2) is 18.3 Å². The fraction of sp³-hybridized carbons (Fsp3) is 0.591. The molecular formula is C22H33N5O2. The second-order valence-electron chi connectivity index (χ2n) is 7.77. The predicted molar refractivity (Wildman–Crippen MR) is 113 cm³/mol. The van der Waals surface area contributed by atoms with E-state index in [0.29, 0.717) is 18.8 Å². The number of piperidine rings is 1. The summed E-state index contributed by atoms with van der Waals surface area (Å²) in [6.07, 6.45) is 3.98. The average Bonchev–Trinajstić information content (AvgIpc) is 3.23. The van der Waals surface area contributed by atoms with Gasteiger partial charge in [-0.05, 0) is 69.8 Å². The van der Waals surface area contributed by atoms with Crippen molar-refractivity contribution in [1.29, 1.82) is 0 Å². The van der Waals surface area contributed by atoms with Gasteiger partial charge in [0, 0.05) is 26.2 Å². The number of nitrogens with zero attached hydrogens (tertiary/aromatic N) is 5. The molecule has 1 aromatic carbocycles. The van der Waals surface area contributed by atoms with E-state index in [1.165, 1.54) is 16.7 Å². The van der Waals surface area contributed by atoms with Crippen LogP contribution in [0.3, 0.4) is 0 Å². The van der Waals surface area contributed by atoms with Crippen molar-refractivity contribution in [3.05, 3.63) is 40.7 Å². The molecule has 7 nitrogen and oxygen atoms in total. The normalized spacial score (nSPS) is 17.3. The Morgan fingerprint density at radius 2 is 2.00 bits per heavy atom. The Labute approximate surface area is 173 Å². The fourth-order valence-corrected chi connectivity index (χ4v) is 4.10. The average molecular weight is 400 g/mol. The summed E-state index contributed by atoms with van der Waals surface area (Å²) in [7, 11) is 1.72. The largest absolute Gasteiger partial charge is 0.496 e. The number of likely N-dealkylation sites (tertiary alicyclic amines) is 1. The van der Waals surface area contributed by atoms with Crippen molar-refractivity contribution in [1.82, 2.24) is 24.8 Å². The van der Waals surface area contributed by atoms with Crippen LogP contribution in [-0.2, 0) is 6.54 Å². The highest BCUT2D eigenvalue weighted by Gasteiger charge is 2.25. The van der Waals surface area contributed by atoms with E-state index in [0.717, 1.165) is 38.2 Å². The number of hydrogen-bond donors (Lipinski definition) is 0. The number of hydrogen-bond acceptors (Lipinski definition) is 5. The molecule has 1 amide bonds. The van der Waals surface area contributed by atoms with E-state index in [4.69, 9.17) is 4.74 Å². The first-order valence-electron chi connectivity index (χ1n) is 10.5. The Bertz CT molecular complexity index is 844. The molecule has 1 aromatic heterocycles. The van der Waals surface area contributed by atoms with Crippen LogP contribution in [0, 0.1) is 13.8 Å². The van der Waals surface area contributed by atoms with Crippen LogP contribution in [0.25, 0.3) is 0 Å². The van der Waals surface area contributed by atoms with Gasteiger partial charge in [0.15, 0.2) is 5.69 Å². The van der Waals surface area contributed by atoms with Crippen molar-refractivity contribution in [2.24, 2.45) is 0 Å². The van der Waals surface area contributed by atoms with Gasteiger partial charge >= 0.3 is 0 Å². The van der Waals surface area contributed by atoms with Crippen LogP contribution >= 0.6 is 0 Å². The van der Waals surface area contributed by atoms with E-state index >= 15 is 0 Å². The molecule has 0 aliphatic carbocycles. The second-order valence-corrected chi connectivity index (χ2v) is 7.77. The molecule has 1 saturated heterocycles. The van der Waals surface area contributed by atoms with Crippen LogP contribution in [0.4, 0.5) is 0 Å². The Morgan fingerprint density at radius 3 is 2.69 bits per heavy atom. The molecule has 0 radical (unpaired) electrons. The molecule has 2 aromatic rings. The minimum atomic E-state index is -0.0433. The lowest BCUT2D eigenvalue weighted by molar-refractivity contribution is 0.0767. The summed E-state index contributed by atoms with van der Waals surface area (Å²) in [6.45, 7) is 12.5. The quantitative estimate of drug-likeness (QED) is 0.715. The molecule has 0 saturated carbocycles. The molecule has 0 spiro atoms. The first-order valence-corrected chi connectivity index (χ1v) is 10.5. The third-order valence-electron chi connectivity index (χ3n) is 6.10. The fourth-order valence-electron chi connectivity index (χ4n) is 4.10. The number of benzene rings is 1. The molecule has 0 unspecified atom stereocenters. The van der Waals surface area contributed by atoms with Crippen LogP contribution in [0.1, 0.15) is 59.9 Å². The molecule has 3 rings (SSSR count). The third kappa shape index (κ3) is 4.61. The second kappa shape index (κ2) is 9.39. The Kier molecular flexibility index (Phi) is 6.90. The van der Waals surface area contributed by atoms with Crippen molar-refractivity contribution >= 4 is 5.91 Å². The smallest absolute Gasteiger partial charge is 0.276 e. The summed E-state index contributed by atoms with van der Waals surface area (Å²) in [5.41, 5.74) is 4.26. The maximum atomic E-state index is 12.5. The number of methoxy groups -OCH3 is 1. The molecule has 2 heterocycles. The topological polar surface area (TPSA) is 63.5 Å². The number of carbonyl (C=O) groups excluding carboxylic acids is 1. The summed E-state index contributed by atoms with van der Waals surface area (Å²) in [4.78, 5) is 16.8. The third-order valence-corrected chi connectivity index (χ3v) is 6.10. The highest BCUT2D eigenvalue weighted by Crippen LogP contribution is 2.27. The summed E-state index contributed by atoms with van der Waals surface area (Å²) >= 11 is 0. The van der Waals surface area contributed by atoms with Gasteiger partial charge in [0.25, 0.3) is 5.91 Å². The zero-order valence-electron chi connectivity index (χ0n) is 18.3. The maximum Gasteiger partial charge on any atom is 0.276 e. The van der Waals surface area contributed by atoms with Crippen LogP contribution in [0.2, 0.25) is 0 Å². The van der Waals surface area contributed by atoms with E-state index in [1.807, 2.05) is 24.7 Å². The predicted octanol–water partition coefficient (Wildman–Crippen LogP) is 3.22. The van der Waals surface area contributed by atoms with Crippen molar-refractivity contribution in [3.63, 3.8) is 0 Å². The molecule has 1 atom stereocenters. The lowest BCUT2D eigenvalue weighted by Gasteiger charge is -2.33. The molecule has 0 N–H and O–H groups in total. The summed E-state index contributed by atoms with van der Waals surface area (Å²) in [6, 6.07) is 4.47. The number of carbonyl (C=O) groups is 1. The van der Waals surface area contributed by atoms with Crippen LogP contribution < -0.4 is 4.74 Å². The summed E-state index contributed by atoms with van der Waals surface area (Å²) in [5.74, 6) is 0.897. The SMILES string of the molecule is CCN(CC)C(=O)c1cn([C@@H]2CCCN(Cc3ccc(OC)c(C)c3C)C2)nn1. The highest BCUT2D eigenvalue weighted by molar-refractivity contribution is 5.91. The van der Waals surface area contributed by atoms with Gasteiger partial charge in [-0.2, -0.15) is 0 Å². The molecular weight excluding hydrogens is 366 g/mol. The van der Waals surface area contributed by atoms with Crippen molar-refractivity contribution in [2.45, 2.75) is 53.1 Å². The minimum absolute atomic E-state index is 0.0433. The van der Waals surface area contributed by atoms with Gasteiger partial charge < -0.3 is 9.64 Å². The monoisotopic (exact) mass is 399 g/mol. The molecule has 29 heavy (non-hydrogen) atoms. The molecule has 7 heteroatoms. The zero-order chi connectivity index (χ0) is 21.0. The molecule has 1 fully saturated rings. The highest BCUT2D eigenvalue weighted by atomic mass is 16.5. The molecule has 0 bridgehead atoms. The minimum Gasteiger partial charge on any atom is -0.496 e. The number of aromatic nitrogens is 3. The maximum absolute atomic E-state index is 12.5. The summed E-state index contributed by atoms with van der Waals surface area (Å²) < 4.78 is 7.32.